The first-order chi connectivity index (χ1) is 11.1. The average Bonchev–Trinajstić information content (AvgIpc) is 2.60. The van der Waals surface area contributed by atoms with Crippen molar-refractivity contribution in [3.63, 3.8) is 0 Å². The quantitative estimate of drug-likeness (QED) is 0.799. The maximum absolute atomic E-state index is 12.9. The van der Waals surface area contributed by atoms with Gasteiger partial charge in [-0.15, -0.1) is 0 Å². The van der Waals surface area contributed by atoms with E-state index in [-0.39, 0.29) is 11.9 Å². The van der Waals surface area contributed by atoms with Crippen LogP contribution >= 0.6 is 0 Å². The van der Waals surface area contributed by atoms with Gasteiger partial charge in [-0.2, -0.15) is 0 Å². The molecule has 0 bridgehead atoms. The van der Waals surface area contributed by atoms with Crippen LogP contribution in [0.5, 0.6) is 0 Å². The molecule has 4 heteroatoms. The summed E-state index contributed by atoms with van der Waals surface area (Å²) in [6.45, 7) is 2.59. The van der Waals surface area contributed by atoms with Crippen LogP contribution in [0.2, 0.25) is 0 Å². The minimum atomic E-state index is -0.355. The van der Waals surface area contributed by atoms with Gasteiger partial charge in [-0.3, -0.25) is 4.79 Å². The Hall–Kier alpha value is -2.62. The van der Waals surface area contributed by atoms with E-state index in [0.717, 1.165) is 29.7 Å². The first-order valence-electron chi connectivity index (χ1n) is 7.71. The van der Waals surface area contributed by atoms with Gasteiger partial charge >= 0.3 is 5.97 Å². The van der Waals surface area contributed by atoms with E-state index in [2.05, 4.69) is 0 Å². The van der Waals surface area contributed by atoms with Gasteiger partial charge in [0.25, 0.3) is 5.91 Å². The van der Waals surface area contributed by atoms with Crippen LogP contribution < -0.4 is 4.90 Å². The van der Waals surface area contributed by atoms with Crippen LogP contribution in [0.3, 0.4) is 0 Å². The summed E-state index contributed by atoms with van der Waals surface area (Å²) in [5, 5.41) is 0. The first-order valence-corrected chi connectivity index (χ1v) is 7.71. The van der Waals surface area contributed by atoms with Gasteiger partial charge in [0.2, 0.25) is 0 Å². The third kappa shape index (κ3) is 2.72. The van der Waals surface area contributed by atoms with Crippen LogP contribution in [0.1, 0.15) is 38.3 Å². The van der Waals surface area contributed by atoms with Gasteiger partial charge in [0, 0.05) is 17.8 Å². The number of nitrogens with zero attached hydrogens (tertiary/aromatic N) is 1. The van der Waals surface area contributed by atoms with Crippen molar-refractivity contribution in [2.24, 2.45) is 0 Å². The molecule has 0 spiro atoms. The molecule has 1 aliphatic heterocycles. The molecule has 0 atom stereocenters. The zero-order valence-electron chi connectivity index (χ0n) is 13.3. The van der Waals surface area contributed by atoms with E-state index in [0.29, 0.717) is 17.7 Å². The zero-order valence-corrected chi connectivity index (χ0v) is 13.3. The van der Waals surface area contributed by atoms with Crippen LogP contribution in [-0.4, -0.2) is 25.5 Å². The second-order valence-corrected chi connectivity index (χ2v) is 5.67. The average molecular weight is 309 g/mol. The normalized spacial score (nSPS) is 13.4. The number of carbonyl (C=O) groups excluding carboxylic acids is 2. The van der Waals surface area contributed by atoms with Crippen molar-refractivity contribution < 1.29 is 14.3 Å². The zero-order chi connectivity index (χ0) is 16.4. The van der Waals surface area contributed by atoms with Crippen molar-refractivity contribution in [2.45, 2.75) is 19.8 Å². The van der Waals surface area contributed by atoms with E-state index in [9.17, 15) is 9.59 Å². The lowest BCUT2D eigenvalue weighted by atomic mass is 9.95. The highest BCUT2D eigenvalue weighted by Crippen LogP contribution is 2.31. The van der Waals surface area contributed by atoms with E-state index in [1.54, 1.807) is 17.0 Å². The summed E-state index contributed by atoms with van der Waals surface area (Å²) >= 11 is 0. The van der Waals surface area contributed by atoms with E-state index >= 15 is 0 Å². The largest absolute Gasteiger partial charge is 0.465 e. The van der Waals surface area contributed by atoms with Gasteiger partial charge < -0.3 is 9.64 Å². The smallest absolute Gasteiger partial charge is 0.338 e. The second-order valence-electron chi connectivity index (χ2n) is 5.67. The Kier molecular flexibility index (Phi) is 4.15. The molecule has 118 valence electrons. The maximum atomic E-state index is 12.9. The number of anilines is 1. The number of rotatable bonds is 2. The van der Waals surface area contributed by atoms with Crippen molar-refractivity contribution >= 4 is 17.6 Å². The lowest BCUT2D eigenvalue weighted by Gasteiger charge is -2.31. The number of benzene rings is 2. The fourth-order valence-corrected chi connectivity index (χ4v) is 3.10. The minimum Gasteiger partial charge on any atom is -0.465 e. The Balaban J connectivity index is 2.04. The van der Waals surface area contributed by atoms with Crippen molar-refractivity contribution in [3.8, 4) is 0 Å². The predicted molar refractivity (Wildman–Crippen MR) is 89.0 cm³/mol. The predicted octanol–water partition coefficient (Wildman–Crippen LogP) is 3.37. The Bertz CT molecular complexity index is 767. The van der Waals surface area contributed by atoms with Crippen LogP contribution in [0, 0.1) is 6.92 Å². The van der Waals surface area contributed by atoms with Crippen molar-refractivity contribution in [3.05, 3.63) is 64.7 Å². The molecular weight excluding hydrogens is 290 g/mol. The van der Waals surface area contributed by atoms with Gasteiger partial charge in [0.05, 0.1) is 12.7 Å². The van der Waals surface area contributed by atoms with Crippen molar-refractivity contribution in [1.82, 2.24) is 0 Å². The Labute approximate surface area is 135 Å². The molecule has 1 aliphatic rings. The molecular formula is C19H19NO3. The number of hydrogen-bond acceptors (Lipinski definition) is 3. The number of carbonyl (C=O) groups is 2. The molecule has 0 saturated carbocycles. The second kappa shape index (κ2) is 6.24. The highest BCUT2D eigenvalue weighted by Gasteiger charge is 2.27. The van der Waals surface area contributed by atoms with Gasteiger partial charge in [0.1, 0.15) is 0 Å². The third-order valence-electron chi connectivity index (χ3n) is 4.28. The fourth-order valence-electron chi connectivity index (χ4n) is 3.10. The number of hydrogen-bond donors (Lipinski definition) is 0. The minimum absolute atomic E-state index is 0.0222. The number of aryl methyl sites for hydroxylation is 1. The molecule has 0 N–H and O–H groups in total. The van der Waals surface area contributed by atoms with Crippen molar-refractivity contribution in [1.29, 1.82) is 0 Å². The summed E-state index contributed by atoms with van der Waals surface area (Å²) in [4.78, 5) is 26.7. The van der Waals surface area contributed by atoms with Crippen LogP contribution in [0.4, 0.5) is 5.69 Å². The summed E-state index contributed by atoms with van der Waals surface area (Å²) in [5.74, 6) is -0.377. The lowest BCUT2D eigenvalue weighted by molar-refractivity contribution is 0.0599. The van der Waals surface area contributed by atoms with Gasteiger partial charge in [-0.25, -0.2) is 4.79 Å². The van der Waals surface area contributed by atoms with Gasteiger partial charge in [0.15, 0.2) is 0 Å². The number of esters is 1. The standard InChI is InChI=1S/C19H19NO3/c1-13-7-3-4-8-14(13)18(21)20-12-6-10-15-16(19(22)23-2)9-5-11-17(15)20/h3-5,7-9,11H,6,10,12H2,1-2H3. The van der Waals surface area contributed by atoms with Crippen molar-refractivity contribution in [2.75, 3.05) is 18.6 Å². The summed E-state index contributed by atoms with van der Waals surface area (Å²) < 4.78 is 4.86. The summed E-state index contributed by atoms with van der Waals surface area (Å²) in [6, 6.07) is 13.0. The molecule has 0 aromatic heterocycles. The first kappa shape index (κ1) is 15.3. The van der Waals surface area contributed by atoms with Crippen LogP contribution in [-0.2, 0) is 11.2 Å². The maximum Gasteiger partial charge on any atom is 0.338 e. The van der Waals surface area contributed by atoms with E-state index in [4.69, 9.17) is 4.74 Å². The van der Waals surface area contributed by atoms with Gasteiger partial charge in [-0.1, -0.05) is 24.3 Å². The summed E-state index contributed by atoms with van der Waals surface area (Å²) in [5.41, 5.74) is 3.91. The number of amides is 1. The van der Waals surface area contributed by atoms with Crippen LogP contribution in [0.25, 0.3) is 0 Å². The molecule has 1 amide bonds. The topological polar surface area (TPSA) is 46.6 Å². The fraction of sp³-hybridized carbons (Fsp3) is 0.263. The van der Waals surface area contributed by atoms with E-state index < -0.39 is 0 Å². The molecule has 0 aliphatic carbocycles. The highest BCUT2D eigenvalue weighted by atomic mass is 16.5. The molecule has 1 heterocycles. The molecule has 2 aromatic rings. The lowest BCUT2D eigenvalue weighted by Crippen LogP contribution is -2.36. The summed E-state index contributed by atoms with van der Waals surface area (Å²) in [7, 11) is 1.38. The van der Waals surface area contributed by atoms with Crippen LogP contribution in [0.15, 0.2) is 42.5 Å². The molecule has 4 nitrogen and oxygen atoms in total. The Morgan fingerprint density at radius 3 is 2.52 bits per heavy atom. The number of ether oxygens (including phenoxy) is 1. The molecule has 0 saturated heterocycles. The Morgan fingerprint density at radius 1 is 1.04 bits per heavy atom. The van der Waals surface area contributed by atoms with E-state index in [1.807, 2.05) is 37.3 Å². The van der Waals surface area contributed by atoms with E-state index in [1.165, 1.54) is 7.11 Å². The monoisotopic (exact) mass is 309 g/mol. The number of methoxy groups -OCH3 is 1. The molecule has 0 radical (unpaired) electrons. The highest BCUT2D eigenvalue weighted by molar-refractivity contribution is 6.08. The third-order valence-corrected chi connectivity index (χ3v) is 4.28. The molecule has 3 rings (SSSR count). The molecule has 23 heavy (non-hydrogen) atoms. The number of fused-ring (bicyclic) bond motifs is 1. The molecule has 0 unspecified atom stereocenters. The van der Waals surface area contributed by atoms with Gasteiger partial charge in [-0.05, 0) is 49.1 Å². The SMILES string of the molecule is COC(=O)c1cccc2c1CCCN2C(=O)c1ccccc1C. The summed E-state index contributed by atoms with van der Waals surface area (Å²) in [6.07, 6.45) is 1.61. The molecule has 0 fully saturated rings. The molecule has 2 aromatic carbocycles. The Morgan fingerprint density at radius 2 is 1.78 bits per heavy atom.